The van der Waals surface area contributed by atoms with Gasteiger partial charge >= 0.3 is 0 Å². The Kier molecular flexibility index (Phi) is 12.3. The standard InChI is InChI=1S/C16H27N3O.2ClH/c1-12(2)19(13(3)4)10-9-18-16(20)11-14-5-7-15(17)8-6-14;;/h5-8,12-13H,9-11,17H2,1-4H3,(H,18,20);2*1H. The van der Waals surface area contributed by atoms with Crippen molar-refractivity contribution in [3.8, 4) is 0 Å². The van der Waals surface area contributed by atoms with Crippen LogP contribution in [-0.2, 0) is 11.2 Å². The van der Waals surface area contributed by atoms with Gasteiger partial charge in [-0.15, -0.1) is 24.8 Å². The summed E-state index contributed by atoms with van der Waals surface area (Å²) in [4.78, 5) is 14.2. The summed E-state index contributed by atoms with van der Waals surface area (Å²) >= 11 is 0. The van der Waals surface area contributed by atoms with E-state index in [-0.39, 0.29) is 30.7 Å². The second-order valence-electron chi connectivity index (χ2n) is 5.69. The molecule has 0 aromatic heterocycles. The molecule has 0 heterocycles. The SMILES string of the molecule is CC(C)N(CCNC(=O)Cc1ccc(N)cc1)C(C)C.Cl.Cl. The third kappa shape index (κ3) is 8.47. The van der Waals surface area contributed by atoms with Crippen LogP contribution in [0.2, 0.25) is 0 Å². The van der Waals surface area contributed by atoms with E-state index >= 15 is 0 Å². The molecule has 1 rings (SSSR count). The second-order valence-corrected chi connectivity index (χ2v) is 5.69. The average Bonchev–Trinajstić information content (AvgIpc) is 2.36. The van der Waals surface area contributed by atoms with Crippen LogP contribution in [0.25, 0.3) is 0 Å². The number of carbonyl (C=O) groups is 1. The van der Waals surface area contributed by atoms with Crippen molar-refractivity contribution < 1.29 is 4.79 Å². The van der Waals surface area contributed by atoms with Crippen molar-refractivity contribution in [2.75, 3.05) is 18.8 Å². The van der Waals surface area contributed by atoms with Crippen molar-refractivity contribution in [3.05, 3.63) is 29.8 Å². The van der Waals surface area contributed by atoms with Crippen LogP contribution in [0.15, 0.2) is 24.3 Å². The Labute approximate surface area is 146 Å². The molecule has 0 spiro atoms. The van der Waals surface area contributed by atoms with Gasteiger partial charge in [-0.3, -0.25) is 9.69 Å². The van der Waals surface area contributed by atoms with E-state index in [9.17, 15) is 4.79 Å². The number of anilines is 1. The molecule has 0 saturated carbocycles. The third-order valence-corrected chi connectivity index (χ3v) is 3.36. The monoisotopic (exact) mass is 349 g/mol. The molecule has 22 heavy (non-hydrogen) atoms. The van der Waals surface area contributed by atoms with Gasteiger partial charge in [-0.25, -0.2) is 0 Å². The fraction of sp³-hybridized carbons (Fsp3) is 0.562. The zero-order valence-corrected chi connectivity index (χ0v) is 15.5. The molecule has 1 aromatic carbocycles. The highest BCUT2D eigenvalue weighted by Crippen LogP contribution is 2.06. The fourth-order valence-electron chi connectivity index (χ4n) is 2.32. The van der Waals surface area contributed by atoms with E-state index in [1.165, 1.54) is 0 Å². The maximum Gasteiger partial charge on any atom is 0.224 e. The Hall–Kier alpha value is -0.970. The van der Waals surface area contributed by atoms with Gasteiger partial charge in [0, 0.05) is 30.9 Å². The number of nitrogens with zero attached hydrogens (tertiary/aromatic N) is 1. The van der Waals surface area contributed by atoms with Crippen LogP contribution in [0.1, 0.15) is 33.3 Å². The van der Waals surface area contributed by atoms with E-state index in [2.05, 4.69) is 37.9 Å². The quantitative estimate of drug-likeness (QED) is 0.744. The number of carbonyl (C=O) groups excluding carboxylic acids is 1. The van der Waals surface area contributed by atoms with Crippen molar-refractivity contribution >= 4 is 36.4 Å². The van der Waals surface area contributed by atoms with Gasteiger partial charge in [0.05, 0.1) is 6.42 Å². The smallest absolute Gasteiger partial charge is 0.224 e. The average molecular weight is 350 g/mol. The summed E-state index contributed by atoms with van der Waals surface area (Å²) in [6, 6.07) is 8.41. The van der Waals surface area contributed by atoms with Crippen molar-refractivity contribution in [3.63, 3.8) is 0 Å². The molecule has 0 fully saturated rings. The minimum Gasteiger partial charge on any atom is -0.399 e. The summed E-state index contributed by atoms with van der Waals surface area (Å²) in [6.07, 6.45) is 0.406. The Morgan fingerprint density at radius 3 is 2.05 bits per heavy atom. The summed E-state index contributed by atoms with van der Waals surface area (Å²) in [5.41, 5.74) is 7.33. The molecule has 0 saturated heterocycles. The minimum atomic E-state index is 0. The first-order valence-corrected chi connectivity index (χ1v) is 7.27. The molecule has 0 atom stereocenters. The van der Waals surface area contributed by atoms with E-state index < -0.39 is 0 Å². The van der Waals surface area contributed by atoms with E-state index in [1.54, 1.807) is 0 Å². The van der Waals surface area contributed by atoms with E-state index in [4.69, 9.17) is 5.73 Å². The molecule has 0 aliphatic rings. The lowest BCUT2D eigenvalue weighted by molar-refractivity contribution is -0.120. The molecular formula is C16H29Cl2N3O. The highest BCUT2D eigenvalue weighted by atomic mass is 35.5. The number of rotatable bonds is 7. The molecule has 1 aromatic rings. The molecule has 128 valence electrons. The molecule has 0 radical (unpaired) electrons. The number of halogens is 2. The molecule has 3 N–H and O–H groups in total. The molecule has 0 aliphatic carbocycles. The van der Waals surface area contributed by atoms with Crippen LogP contribution in [0, 0.1) is 0 Å². The number of nitrogen functional groups attached to an aromatic ring is 1. The summed E-state index contributed by atoms with van der Waals surface area (Å²) in [6.45, 7) is 10.3. The maximum atomic E-state index is 11.9. The predicted molar refractivity (Wildman–Crippen MR) is 99.0 cm³/mol. The van der Waals surface area contributed by atoms with Crippen molar-refractivity contribution in [1.82, 2.24) is 10.2 Å². The molecule has 6 heteroatoms. The zero-order chi connectivity index (χ0) is 15.1. The van der Waals surface area contributed by atoms with E-state index in [1.807, 2.05) is 24.3 Å². The van der Waals surface area contributed by atoms with Gasteiger partial charge in [0.15, 0.2) is 0 Å². The summed E-state index contributed by atoms with van der Waals surface area (Å²) < 4.78 is 0. The van der Waals surface area contributed by atoms with Crippen LogP contribution < -0.4 is 11.1 Å². The topological polar surface area (TPSA) is 58.4 Å². The number of nitrogens with one attached hydrogen (secondary N) is 1. The number of amides is 1. The Balaban J connectivity index is 0. The molecule has 4 nitrogen and oxygen atoms in total. The van der Waals surface area contributed by atoms with Crippen LogP contribution in [0.3, 0.4) is 0 Å². The zero-order valence-electron chi connectivity index (χ0n) is 13.8. The Morgan fingerprint density at radius 1 is 1.09 bits per heavy atom. The maximum absolute atomic E-state index is 11.9. The molecule has 0 bridgehead atoms. The van der Waals surface area contributed by atoms with Gasteiger partial charge in [-0.1, -0.05) is 12.1 Å². The second kappa shape index (κ2) is 11.6. The van der Waals surface area contributed by atoms with Gasteiger partial charge in [-0.2, -0.15) is 0 Å². The number of benzene rings is 1. The van der Waals surface area contributed by atoms with Gasteiger partial charge in [0.25, 0.3) is 0 Å². The van der Waals surface area contributed by atoms with Gasteiger partial charge in [0.2, 0.25) is 5.91 Å². The van der Waals surface area contributed by atoms with Crippen LogP contribution in [0.5, 0.6) is 0 Å². The predicted octanol–water partition coefficient (Wildman–Crippen LogP) is 2.89. The Morgan fingerprint density at radius 2 is 1.59 bits per heavy atom. The largest absolute Gasteiger partial charge is 0.399 e. The highest BCUT2D eigenvalue weighted by Gasteiger charge is 2.13. The first-order chi connectivity index (χ1) is 9.40. The van der Waals surface area contributed by atoms with Crippen LogP contribution >= 0.6 is 24.8 Å². The van der Waals surface area contributed by atoms with Gasteiger partial charge in [-0.05, 0) is 45.4 Å². The first-order valence-electron chi connectivity index (χ1n) is 7.27. The van der Waals surface area contributed by atoms with Crippen molar-refractivity contribution in [2.24, 2.45) is 0 Å². The lowest BCUT2D eigenvalue weighted by atomic mass is 10.1. The molecule has 1 amide bonds. The number of nitrogens with two attached hydrogens (primary N) is 1. The van der Waals surface area contributed by atoms with Crippen molar-refractivity contribution in [1.29, 1.82) is 0 Å². The van der Waals surface area contributed by atoms with E-state index in [0.717, 1.165) is 17.8 Å². The highest BCUT2D eigenvalue weighted by molar-refractivity contribution is 5.85. The lowest BCUT2D eigenvalue weighted by Crippen LogP contribution is -2.42. The van der Waals surface area contributed by atoms with Gasteiger partial charge in [0.1, 0.15) is 0 Å². The van der Waals surface area contributed by atoms with Crippen LogP contribution in [0.4, 0.5) is 5.69 Å². The van der Waals surface area contributed by atoms with Gasteiger partial charge < -0.3 is 11.1 Å². The van der Waals surface area contributed by atoms with E-state index in [0.29, 0.717) is 25.0 Å². The summed E-state index contributed by atoms with van der Waals surface area (Å²) in [7, 11) is 0. The third-order valence-electron chi connectivity index (χ3n) is 3.36. The normalized spacial score (nSPS) is 10.3. The molecular weight excluding hydrogens is 321 g/mol. The summed E-state index contributed by atoms with van der Waals surface area (Å²) in [5.74, 6) is 0.0576. The number of hydrogen-bond acceptors (Lipinski definition) is 3. The minimum absolute atomic E-state index is 0. The molecule has 0 unspecified atom stereocenters. The lowest BCUT2D eigenvalue weighted by Gasteiger charge is -2.30. The summed E-state index contributed by atoms with van der Waals surface area (Å²) in [5, 5.41) is 2.97. The Bertz CT molecular complexity index is 414. The molecule has 0 aliphatic heterocycles. The first kappa shape index (κ1) is 23.3. The number of hydrogen-bond donors (Lipinski definition) is 2. The van der Waals surface area contributed by atoms with Crippen molar-refractivity contribution in [2.45, 2.75) is 46.2 Å². The van der Waals surface area contributed by atoms with Crippen LogP contribution in [-0.4, -0.2) is 36.0 Å². The fourth-order valence-corrected chi connectivity index (χ4v) is 2.32.